The molecule has 1 N–H and O–H groups in total. The Morgan fingerprint density at radius 3 is 2.85 bits per heavy atom. The van der Waals surface area contributed by atoms with Gasteiger partial charge in [-0.3, -0.25) is 20.5 Å². The molecule has 0 unspecified atom stereocenters. The predicted molar refractivity (Wildman–Crippen MR) is 102 cm³/mol. The van der Waals surface area contributed by atoms with Crippen LogP contribution in [-0.4, -0.2) is 22.7 Å². The lowest BCUT2D eigenvalue weighted by molar-refractivity contribution is -0.385. The first-order valence-electron chi connectivity index (χ1n) is 8.15. The highest BCUT2D eigenvalue weighted by atomic mass is 16.6. The van der Waals surface area contributed by atoms with Gasteiger partial charge in [-0.05, 0) is 44.2 Å². The zero-order valence-corrected chi connectivity index (χ0v) is 14.5. The lowest BCUT2D eigenvalue weighted by Gasteiger charge is -2.09. The number of aromatic nitrogens is 1. The lowest BCUT2D eigenvalue weighted by atomic mass is 10.1. The molecular weight excluding hydrogens is 332 g/mol. The van der Waals surface area contributed by atoms with Crippen LogP contribution in [0.4, 0.5) is 11.4 Å². The van der Waals surface area contributed by atoms with Gasteiger partial charge in [0.15, 0.2) is 0 Å². The van der Waals surface area contributed by atoms with Crippen molar-refractivity contribution in [2.24, 2.45) is 5.10 Å². The summed E-state index contributed by atoms with van der Waals surface area (Å²) in [7, 11) is 0. The molecule has 1 aromatic heterocycles. The number of pyridine rings is 1. The van der Waals surface area contributed by atoms with Crippen molar-refractivity contribution >= 4 is 28.5 Å². The summed E-state index contributed by atoms with van der Waals surface area (Å²) in [4.78, 5) is 15.2. The van der Waals surface area contributed by atoms with Crippen LogP contribution in [0, 0.1) is 17.0 Å². The number of nitrogens with one attached hydrogen (secondary N) is 1. The van der Waals surface area contributed by atoms with E-state index in [-0.39, 0.29) is 5.69 Å². The van der Waals surface area contributed by atoms with E-state index in [0.29, 0.717) is 12.2 Å². The van der Waals surface area contributed by atoms with Gasteiger partial charge in [-0.25, -0.2) is 0 Å². The van der Waals surface area contributed by atoms with Gasteiger partial charge in [-0.15, -0.1) is 0 Å². The molecule has 0 aliphatic heterocycles. The Bertz CT molecular complexity index is 986. The van der Waals surface area contributed by atoms with Gasteiger partial charge in [0.05, 0.1) is 34.5 Å². The van der Waals surface area contributed by atoms with Gasteiger partial charge in [0.2, 0.25) is 0 Å². The number of hydrazone groups is 1. The number of aryl methyl sites for hydroxylation is 1. The molecule has 0 spiro atoms. The number of hydrogen-bond donors (Lipinski definition) is 1. The van der Waals surface area contributed by atoms with E-state index in [0.717, 1.165) is 28.0 Å². The molecule has 0 saturated carbocycles. The van der Waals surface area contributed by atoms with Gasteiger partial charge >= 0.3 is 0 Å². The largest absolute Gasteiger partial charge is 0.494 e. The van der Waals surface area contributed by atoms with Crippen molar-refractivity contribution in [1.82, 2.24) is 4.98 Å². The maximum absolute atomic E-state index is 11.1. The Labute approximate surface area is 150 Å². The third kappa shape index (κ3) is 3.77. The molecule has 0 aliphatic rings. The minimum absolute atomic E-state index is 0.00690. The fourth-order valence-electron chi connectivity index (χ4n) is 2.62. The van der Waals surface area contributed by atoms with Gasteiger partial charge in [0.1, 0.15) is 5.75 Å². The molecular formula is C19H18N4O3. The standard InChI is InChI=1S/C19H18N4O3/c1-3-26-15-8-9-17-16(11-15)18(10-13(2)21-17)22-20-12-14-6-4-5-7-19(14)23(24)25/h4-12H,3H2,1-2H3,(H,21,22)/b20-12+. The number of nitrogens with zero attached hydrogens (tertiary/aromatic N) is 3. The smallest absolute Gasteiger partial charge is 0.278 e. The normalized spacial score (nSPS) is 11.0. The molecule has 0 aliphatic carbocycles. The SMILES string of the molecule is CCOc1ccc2nc(C)cc(N/N=C/c3ccccc3[N+](=O)[O-])c2c1. The maximum atomic E-state index is 11.1. The van der Waals surface area contributed by atoms with E-state index in [1.54, 1.807) is 18.2 Å². The summed E-state index contributed by atoms with van der Waals surface area (Å²) in [5.41, 5.74) is 5.80. The van der Waals surface area contributed by atoms with Crippen molar-refractivity contribution in [3.05, 3.63) is 69.9 Å². The van der Waals surface area contributed by atoms with Crippen LogP contribution in [0.15, 0.2) is 53.6 Å². The zero-order valence-electron chi connectivity index (χ0n) is 14.5. The number of para-hydroxylation sites is 1. The lowest BCUT2D eigenvalue weighted by Crippen LogP contribution is -1.98. The first-order chi connectivity index (χ1) is 12.6. The molecule has 0 fully saturated rings. The molecule has 132 valence electrons. The van der Waals surface area contributed by atoms with E-state index >= 15 is 0 Å². The summed E-state index contributed by atoms with van der Waals surface area (Å²) in [6.07, 6.45) is 1.44. The number of fused-ring (bicyclic) bond motifs is 1. The average molecular weight is 350 g/mol. The van der Waals surface area contributed by atoms with Crippen LogP contribution in [0.3, 0.4) is 0 Å². The second kappa shape index (κ2) is 7.60. The molecule has 0 radical (unpaired) electrons. The fourth-order valence-corrected chi connectivity index (χ4v) is 2.62. The number of rotatable bonds is 6. The molecule has 3 aromatic rings. The molecule has 26 heavy (non-hydrogen) atoms. The highest BCUT2D eigenvalue weighted by molar-refractivity contribution is 5.93. The van der Waals surface area contributed by atoms with E-state index in [4.69, 9.17) is 4.74 Å². The Kier molecular flexibility index (Phi) is 5.07. The Balaban J connectivity index is 1.93. The maximum Gasteiger partial charge on any atom is 0.278 e. The monoisotopic (exact) mass is 350 g/mol. The molecule has 7 heteroatoms. The second-order valence-corrected chi connectivity index (χ2v) is 5.61. The van der Waals surface area contributed by atoms with Crippen LogP contribution in [0.1, 0.15) is 18.2 Å². The molecule has 1 heterocycles. The summed E-state index contributed by atoms with van der Waals surface area (Å²) < 4.78 is 5.55. The Morgan fingerprint density at radius 2 is 2.08 bits per heavy atom. The van der Waals surface area contributed by atoms with Crippen molar-refractivity contribution in [1.29, 1.82) is 0 Å². The summed E-state index contributed by atoms with van der Waals surface area (Å²) in [5, 5.41) is 16.1. The first-order valence-corrected chi connectivity index (χ1v) is 8.15. The number of anilines is 1. The van der Waals surface area contributed by atoms with E-state index in [9.17, 15) is 10.1 Å². The summed E-state index contributed by atoms with van der Waals surface area (Å²) >= 11 is 0. The third-order valence-corrected chi connectivity index (χ3v) is 3.74. The van der Waals surface area contributed by atoms with E-state index in [1.807, 2.05) is 38.1 Å². The van der Waals surface area contributed by atoms with Crippen LogP contribution in [0.25, 0.3) is 10.9 Å². The van der Waals surface area contributed by atoms with Crippen molar-refractivity contribution in [3.63, 3.8) is 0 Å². The van der Waals surface area contributed by atoms with Crippen molar-refractivity contribution in [3.8, 4) is 5.75 Å². The highest BCUT2D eigenvalue weighted by Gasteiger charge is 2.10. The van der Waals surface area contributed by atoms with Gasteiger partial charge in [-0.1, -0.05) is 12.1 Å². The van der Waals surface area contributed by atoms with Crippen molar-refractivity contribution in [2.45, 2.75) is 13.8 Å². The van der Waals surface area contributed by atoms with Crippen LogP contribution in [-0.2, 0) is 0 Å². The van der Waals surface area contributed by atoms with Crippen LogP contribution in [0.5, 0.6) is 5.75 Å². The van der Waals surface area contributed by atoms with Crippen molar-refractivity contribution in [2.75, 3.05) is 12.0 Å². The molecule has 3 rings (SSSR count). The van der Waals surface area contributed by atoms with Gasteiger partial charge in [0.25, 0.3) is 5.69 Å². The van der Waals surface area contributed by atoms with E-state index < -0.39 is 4.92 Å². The number of nitro groups is 1. The van der Waals surface area contributed by atoms with Gasteiger partial charge in [0, 0.05) is 17.1 Å². The first kappa shape index (κ1) is 17.3. The second-order valence-electron chi connectivity index (χ2n) is 5.61. The molecule has 0 amide bonds. The quantitative estimate of drug-likeness (QED) is 0.407. The van der Waals surface area contributed by atoms with Gasteiger partial charge in [-0.2, -0.15) is 5.10 Å². The fraction of sp³-hybridized carbons (Fsp3) is 0.158. The molecule has 2 aromatic carbocycles. The molecule has 7 nitrogen and oxygen atoms in total. The Morgan fingerprint density at radius 1 is 1.27 bits per heavy atom. The zero-order chi connectivity index (χ0) is 18.5. The number of ether oxygens (including phenoxy) is 1. The number of nitro benzene ring substituents is 1. The van der Waals surface area contributed by atoms with Gasteiger partial charge < -0.3 is 4.74 Å². The topological polar surface area (TPSA) is 89.7 Å². The molecule has 0 bridgehead atoms. The summed E-state index contributed by atoms with van der Waals surface area (Å²) in [6, 6.07) is 14.0. The summed E-state index contributed by atoms with van der Waals surface area (Å²) in [6.45, 7) is 4.39. The number of benzene rings is 2. The van der Waals surface area contributed by atoms with Crippen LogP contribution < -0.4 is 10.2 Å². The molecule has 0 atom stereocenters. The minimum Gasteiger partial charge on any atom is -0.494 e. The van der Waals surface area contributed by atoms with Crippen LogP contribution >= 0.6 is 0 Å². The number of hydrogen-bond acceptors (Lipinski definition) is 6. The highest BCUT2D eigenvalue weighted by Crippen LogP contribution is 2.27. The van der Waals surface area contributed by atoms with E-state index in [1.165, 1.54) is 12.3 Å². The minimum atomic E-state index is -0.429. The van der Waals surface area contributed by atoms with Crippen LogP contribution in [0.2, 0.25) is 0 Å². The average Bonchev–Trinajstić information content (AvgIpc) is 2.62. The van der Waals surface area contributed by atoms with E-state index in [2.05, 4.69) is 15.5 Å². The third-order valence-electron chi connectivity index (χ3n) is 3.74. The Hall–Kier alpha value is -3.48. The summed E-state index contributed by atoms with van der Waals surface area (Å²) in [5.74, 6) is 0.747. The molecule has 0 saturated heterocycles. The predicted octanol–water partition coefficient (Wildman–Crippen LogP) is 4.30. The van der Waals surface area contributed by atoms with Crippen molar-refractivity contribution < 1.29 is 9.66 Å².